The van der Waals surface area contributed by atoms with Gasteiger partial charge in [0.1, 0.15) is 0 Å². The van der Waals surface area contributed by atoms with Gasteiger partial charge >= 0.3 is 0 Å². The van der Waals surface area contributed by atoms with Gasteiger partial charge in [0.05, 0.1) is 0 Å². The zero-order chi connectivity index (χ0) is 14.0. The van der Waals surface area contributed by atoms with Gasteiger partial charge in [0.25, 0.3) is 10.2 Å². The average molecular weight is 302 g/mol. The molecule has 0 spiro atoms. The first-order chi connectivity index (χ1) is 9.68. The summed E-state index contributed by atoms with van der Waals surface area (Å²) in [6.07, 6.45) is 4.37. The van der Waals surface area contributed by atoms with Gasteiger partial charge in [-0.15, -0.1) is 0 Å². The third-order valence-electron chi connectivity index (χ3n) is 4.79. The predicted molar refractivity (Wildman–Crippen MR) is 78.8 cm³/mol. The Labute approximate surface area is 122 Å². The summed E-state index contributed by atoms with van der Waals surface area (Å²) in [5, 5.41) is 3.38. The molecule has 0 bridgehead atoms. The van der Waals surface area contributed by atoms with Crippen LogP contribution in [0, 0.1) is 0 Å². The van der Waals surface area contributed by atoms with E-state index in [9.17, 15) is 8.42 Å². The fourth-order valence-electron chi connectivity index (χ4n) is 3.51. The summed E-state index contributed by atoms with van der Waals surface area (Å²) in [5.74, 6) is 0. The van der Waals surface area contributed by atoms with Crippen molar-refractivity contribution in [2.75, 3.05) is 52.4 Å². The Kier molecular flexibility index (Phi) is 4.62. The summed E-state index contributed by atoms with van der Waals surface area (Å²) in [5.41, 5.74) is 0. The normalized spacial score (nSPS) is 31.7. The molecule has 3 heterocycles. The molecule has 3 saturated heterocycles. The topological polar surface area (TPSA) is 55.9 Å². The molecule has 0 aromatic rings. The van der Waals surface area contributed by atoms with E-state index in [1.54, 1.807) is 8.61 Å². The molecule has 1 N–H and O–H groups in total. The number of hydrogen-bond donors (Lipinski definition) is 1. The largest absolute Gasteiger partial charge is 0.315 e. The Bertz CT molecular complexity index is 408. The van der Waals surface area contributed by atoms with Crippen LogP contribution in [0.4, 0.5) is 0 Å². The molecule has 0 saturated carbocycles. The Morgan fingerprint density at radius 2 is 1.50 bits per heavy atom. The quantitative estimate of drug-likeness (QED) is 0.777. The maximum Gasteiger partial charge on any atom is 0.282 e. The molecule has 1 atom stereocenters. The molecule has 20 heavy (non-hydrogen) atoms. The zero-order valence-electron chi connectivity index (χ0n) is 12.1. The van der Waals surface area contributed by atoms with Gasteiger partial charge in [-0.1, -0.05) is 6.42 Å². The second-order valence-electron chi connectivity index (χ2n) is 6.05. The van der Waals surface area contributed by atoms with Gasteiger partial charge in [-0.05, 0) is 25.8 Å². The highest BCUT2D eigenvalue weighted by atomic mass is 32.2. The first kappa shape index (κ1) is 14.7. The molecular formula is C13H26N4O2S. The average Bonchev–Trinajstić information content (AvgIpc) is 3.02. The lowest BCUT2D eigenvalue weighted by molar-refractivity contribution is 0.140. The molecule has 0 aliphatic carbocycles. The van der Waals surface area contributed by atoms with Crippen LogP contribution >= 0.6 is 0 Å². The second-order valence-corrected chi connectivity index (χ2v) is 7.98. The van der Waals surface area contributed by atoms with Crippen molar-refractivity contribution in [3.63, 3.8) is 0 Å². The van der Waals surface area contributed by atoms with Gasteiger partial charge in [0, 0.05) is 51.9 Å². The minimum atomic E-state index is -3.21. The van der Waals surface area contributed by atoms with Gasteiger partial charge in [-0.25, -0.2) is 0 Å². The molecule has 6 nitrogen and oxygen atoms in total. The third kappa shape index (κ3) is 3.01. The van der Waals surface area contributed by atoms with Crippen LogP contribution in [0.5, 0.6) is 0 Å². The molecule has 1 unspecified atom stereocenters. The summed E-state index contributed by atoms with van der Waals surface area (Å²) in [4.78, 5) is 2.45. The molecule has 3 aliphatic heterocycles. The number of nitrogens with zero attached hydrogens (tertiary/aromatic N) is 3. The Balaban J connectivity index is 1.56. The SMILES string of the molecule is O=S(=O)(N1CCCCC1)N1CCN(C2CCNC2)CC1. The third-order valence-corrected chi connectivity index (χ3v) is 6.83. The van der Waals surface area contributed by atoms with Gasteiger partial charge in [-0.3, -0.25) is 4.90 Å². The van der Waals surface area contributed by atoms with E-state index in [1.165, 1.54) is 6.42 Å². The molecule has 0 aromatic carbocycles. The first-order valence-electron chi connectivity index (χ1n) is 7.88. The van der Waals surface area contributed by atoms with Crippen LogP contribution in [0.2, 0.25) is 0 Å². The van der Waals surface area contributed by atoms with Crippen molar-refractivity contribution >= 4 is 10.2 Å². The van der Waals surface area contributed by atoms with E-state index in [2.05, 4.69) is 10.2 Å². The lowest BCUT2D eigenvalue weighted by Crippen LogP contribution is -2.55. The number of piperidine rings is 1. The number of nitrogens with one attached hydrogen (secondary N) is 1. The molecule has 3 rings (SSSR count). The van der Waals surface area contributed by atoms with Crippen molar-refractivity contribution in [1.82, 2.24) is 18.8 Å². The molecule has 3 aliphatic rings. The van der Waals surface area contributed by atoms with Crippen molar-refractivity contribution in [2.24, 2.45) is 0 Å². The molecule has 0 aromatic heterocycles. The summed E-state index contributed by atoms with van der Waals surface area (Å²) < 4.78 is 28.6. The second kappa shape index (κ2) is 6.27. The van der Waals surface area contributed by atoms with Gasteiger partial charge < -0.3 is 5.32 Å². The van der Waals surface area contributed by atoms with Crippen LogP contribution in [0.1, 0.15) is 25.7 Å². The van der Waals surface area contributed by atoms with E-state index in [0.29, 0.717) is 32.2 Å². The van der Waals surface area contributed by atoms with Crippen molar-refractivity contribution in [3.8, 4) is 0 Å². The van der Waals surface area contributed by atoms with Crippen LogP contribution in [-0.2, 0) is 10.2 Å². The Hall–Kier alpha value is -0.210. The Morgan fingerprint density at radius 1 is 0.850 bits per heavy atom. The summed E-state index contributed by atoms with van der Waals surface area (Å²) in [6, 6.07) is 0.606. The van der Waals surface area contributed by atoms with Gasteiger partial charge in [0.2, 0.25) is 0 Å². The van der Waals surface area contributed by atoms with Crippen LogP contribution in [-0.4, -0.2) is 80.3 Å². The molecular weight excluding hydrogens is 276 g/mol. The fraction of sp³-hybridized carbons (Fsp3) is 1.00. The van der Waals surface area contributed by atoms with Crippen molar-refractivity contribution in [3.05, 3.63) is 0 Å². The van der Waals surface area contributed by atoms with Gasteiger partial charge in [0.15, 0.2) is 0 Å². The van der Waals surface area contributed by atoms with E-state index in [4.69, 9.17) is 0 Å². The number of rotatable bonds is 3. The summed E-state index contributed by atoms with van der Waals surface area (Å²) in [7, 11) is -3.21. The van der Waals surface area contributed by atoms with E-state index in [1.807, 2.05) is 0 Å². The highest BCUT2D eigenvalue weighted by molar-refractivity contribution is 7.86. The first-order valence-corrected chi connectivity index (χ1v) is 9.27. The Morgan fingerprint density at radius 3 is 2.10 bits per heavy atom. The highest BCUT2D eigenvalue weighted by Crippen LogP contribution is 2.19. The van der Waals surface area contributed by atoms with Gasteiger partial charge in [-0.2, -0.15) is 17.0 Å². The molecule has 0 amide bonds. The maximum atomic E-state index is 12.6. The van der Waals surface area contributed by atoms with Crippen molar-refractivity contribution < 1.29 is 8.42 Å². The minimum Gasteiger partial charge on any atom is -0.315 e. The predicted octanol–water partition coefficient (Wildman–Crippen LogP) is -0.303. The fourth-order valence-corrected chi connectivity index (χ4v) is 5.18. The summed E-state index contributed by atoms with van der Waals surface area (Å²) in [6.45, 7) is 6.60. The van der Waals surface area contributed by atoms with E-state index in [0.717, 1.165) is 45.4 Å². The van der Waals surface area contributed by atoms with Crippen LogP contribution in [0.15, 0.2) is 0 Å². The van der Waals surface area contributed by atoms with Crippen LogP contribution in [0.25, 0.3) is 0 Å². The molecule has 116 valence electrons. The zero-order valence-corrected chi connectivity index (χ0v) is 12.9. The van der Waals surface area contributed by atoms with Crippen LogP contribution in [0.3, 0.4) is 0 Å². The number of hydrogen-bond acceptors (Lipinski definition) is 4. The van der Waals surface area contributed by atoms with Crippen molar-refractivity contribution in [2.45, 2.75) is 31.7 Å². The lowest BCUT2D eigenvalue weighted by Gasteiger charge is -2.39. The lowest BCUT2D eigenvalue weighted by atomic mass is 10.2. The maximum absolute atomic E-state index is 12.6. The molecule has 0 radical (unpaired) electrons. The van der Waals surface area contributed by atoms with E-state index >= 15 is 0 Å². The van der Waals surface area contributed by atoms with E-state index < -0.39 is 10.2 Å². The highest BCUT2D eigenvalue weighted by Gasteiger charge is 2.34. The van der Waals surface area contributed by atoms with Crippen LogP contribution < -0.4 is 5.32 Å². The molecule has 3 fully saturated rings. The smallest absolute Gasteiger partial charge is 0.282 e. The number of piperazine rings is 1. The molecule has 7 heteroatoms. The monoisotopic (exact) mass is 302 g/mol. The minimum absolute atomic E-state index is 0.606. The standard InChI is InChI=1S/C13H26N4O2S/c18-20(19,16-6-2-1-3-7-16)17-10-8-15(9-11-17)13-4-5-14-12-13/h13-14H,1-12H2. The van der Waals surface area contributed by atoms with Crippen molar-refractivity contribution in [1.29, 1.82) is 0 Å². The summed E-state index contributed by atoms with van der Waals surface area (Å²) >= 11 is 0. The van der Waals surface area contributed by atoms with E-state index in [-0.39, 0.29) is 0 Å².